The number of aromatic nitrogens is 1. The minimum absolute atomic E-state index is 0.0777. The summed E-state index contributed by atoms with van der Waals surface area (Å²) < 4.78 is 10.2. The average molecular weight is 221 g/mol. The number of carboxylic acid groups (broad SMARTS) is 1. The second-order valence-electron chi connectivity index (χ2n) is 3.34. The Bertz CT molecular complexity index is 518. The zero-order chi connectivity index (χ0) is 11.5. The molecule has 0 saturated carbocycles. The molecule has 5 nitrogen and oxygen atoms in total. The van der Waals surface area contributed by atoms with Crippen LogP contribution in [-0.4, -0.2) is 23.2 Å². The van der Waals surface area contributed by atoms with Gasteiger partial charge in [-0.2, -0.15) is 4.98 Å². The Hall–Kier alpha value is -2.04. The van der Waals surface area contributed by atoms with Crippen LogP contribution >= 0.6 is 0 Å². The highest BCUT2D eigenvalue weighted by Gasteiger charge is 2.10. The number of oxazole rings is 1. The molecule has 16 heavy (non-hydrogen) atoms. The van der Waals surface area contributed by atoms with Crippen LogP contribution < -0.4 is 4.74 Å². The first-order valence-electron chi connectivity index (χ1n) is 4.85. The fourth-order valence-corrected chi connectivity index (χ4v) is 1.52. The molecule has 0 saturated heterocycles. The fourth-order valence-electron chi connectivity index (χ4n) is 1.52. The molecule has 0 atom stereocenters. The lowest BCUT2D eigenvalue weighted by molar-refractivity contribution is -0.136. The highest BCUT2D eigenvalue weighted by atomic mass is 16.6. The number of nitrogens with zero attached hydrogens (tertiary/aromatic N) is 1. The number of ether oxygens (including phenoxy) is 1. The molecule has 2 rings (SSSR count). The van der Waals surface area contributed by atoms with E-state index in [9.17, 15) is 4.79 Å². The van der Waals surface area contributed by atoms with Crippen LogP contribution in [0.4, 0.5) is 0 Å². The monoisotopic (exact) mass is 221 g/mol. The van der Waals surface area contributed by atoms with Crippen molar-refractivity contribution in [3.63, 3.8) is 0 Å². The smallest absolute Gasteiger partial charge is 0.394 e. The molecule has 1 N–H and O–H groups in total. The summed E-state index contributed by atoms with van der Waals surface area (Å²) in [5.74, 6) is -0.826. The Morgan fingerprint density at radius 2 is 2.38 bits per heavy atom. The average Bonchev–Trinajstić information content (AvgIpc) is 2.69. The SMILES string of the molecule is COc1nc2c(CCC(=O)O)cccc2o1. The number of methoxy groups -OCH3 is 1. The van der Waals surface area contributed by atoms with Crippen LogP contribution in [0.2, 0.25) is 0 Å². The maximum atomic E-state index is 10.5. The summed E-state index contributed by atoms with van der Waals surface area (Å²) in [6.07, 6.45) is 0.703. The lowest BCUT2D eigenvalue weighted by atomic mass is 10.1. The summed E-state index contributed by atoms with van der Waals surface area (Å²) >= 11 is 0. The molecule has 0 radical (unpaired) electrons. The number of hydrogen-bond donors (Lipinski definition) is 1. The number of carbonyl (C=O) groups is 1. The van der Waals surface area contributed by atoms with Crippen molar-refractivity contribution in [3.05, 3.63) is 23.8 Å². The van der Waals surface area contributed by atoms with Crippen molar-refractivity contribution in [3.8, 4) is 6.08 Å². The summed E-state index contributed by atoms with van der Waals surface area (Å²) in [7, 11) is 1.47. The normalized spacial score (nSPS) is 10.6. The predicted molar refractivity (Wildman–Crippen MR) is 56.5 cm³/mol. The molecule has 2 aromatic rings. The summed E-state index contributed by atoms with van der Waals surface area (Å²) in [5.41, 5.74) is 2.13. The topological polar surface area (TPSA) is 72.6 Å². The summed E-state index contributed by atoms with van der Waals surface area (Å²) in [6, 6.07) is 5.42. The molecule has 0 aliphatic heterocycles. The molecule has 0 amide bonds. The zero-order valence-corrected chi connectivity index (χ0v) is 8.77. The Morgan fingerprint density at radius 1 is 1.56 bits per heavy atom. The van der Waals surface area contributed by atoms with Crippen LogP contribution in [0.1, 0.15) is 12.0 Å². The number of para-hydroxylation sites is 1. The van der Waals surface area contributed by atoms with E-state index >= 15 is 0 Å². The van der Waals surface area contributed by atoms with Gasteiger partial charge in [-0.25, -0.2) is 0 Å². The van der Waals surface area contributed by atoms with Crippen LogP contribution in [0.25, 0.3) is 11.1 Å². The molecule has 0 unspecified atom stereocenters. The summed E-state index contributed by atoms with van der Waals surface area (Å²) in [5, 5.41) is 8.63. The Labute approximate surface area is 91.7 Å². The van der Waals surface area contributed by atoms with Gasteiger partial charge in [-0.1, -0.05) is 12.1 Å². The van der Waals surface area contributed by atoms with E-state index in [0.29, 0.717) is 17.5 Å². The standard InChI is InChI=1S/C11H11NO4/c1-15-11-12-10-7(5-6-9(13)14)3-2-4-8(10)16-11/h2-4H,5-6H2,1H3,(H,13,14). The van der Waals surface area contributed by atoms with E-state index in [1.165, 1.54) is 7.11 Å². The molecule has 0 fully saturated rings. The van der Waals surface area contributed by atoms with E-state index in [1.54, 1.807) is 6.07 Å². The van der Waals surface area contributed by atoms with Gasteiger partial charge in [-0.3, -0.25) is 4.79 Å². The van der Waals surface area contributed by atoms with Gasteiger partial charge in [0.05, 0.1) is 7.11 Å². The maximum Gasteiger partial charge on any atom is 0.394 e. The largest absolute Gasteiger partial charge is 0.481 e. The second-order valence-corrected chi connectivity index (χ2v) is 3.34. The molecule has 84 valence electrons. The van der Waals surface area contributed by atoms with Crippen LogP contribution in [-0.2, 0) is 11.2 Å². The third kappa shape index (κ3) is 1.98. The predicted octanol–water partition coefficient (Wildman–Crippen LogP) is 1.85. The number of carboxylic acids is 1. The van der Waals surface area contributed by atoms with Crippen molar-refractivity contribution in [2.75, 3.05) is 7.11 Å². The van der Waals surface area contributed by atoms with E-state index in [-0.39, 0.29) is 12.5 Å². The maximum absolute atomic E-state index is 10.5. The minimum atomic E-state index is -0.826. The van der Waals surface area contributed by atoms with Gasteiger partial charge < -0.3 is 14.3 Å². The molecule has 1 aromatic heterocycles. The molecule has 1 heterocycles. The van der Waals surface area contributed by atoms with Gasteiger partial charge in [0.25, 0.3) is 0 Å². The van der Waals surface area contributed by atoms with Gasteiger partial charge in [0, 0.05) is 6.42 Å². The molecular formula is C11H11NO4. The molecule has 0 spiro atoms. The first-order valence-corrected chi connectivity index (χ1v) is 4.85. The first kappa shape index (κ1) is 10.5. The van der Waals surface area contributed by atoms with Crippen molar-refractivity contribution < 1.29 is 19.1 Å². The van der Waals surface area contributed by atoms with Crippen LogP contribution in [0.15, 0.2) is 22.6 Å². The number of benzene rings is 1. The van der Waals surface area contributed by atoms with Gasteiger partial charge in [-0.05, 0) is 18.1 Å². The highest BCUT2D eigenvalue weighted by Crippen LogP contribution is 2.24. The number of rotatable bonds is 4. The lowest BCUT2D eigenvalue weighted by Crippen LogP contribution is -1.97. The number of aryl methyl sites for hydroxylation is 1. The van der Waals surface area contributed by atoms with Crippen molar-refractivity contribution in [1.29, 1.82) is 0 Å². The Balaban J connectivity index is 2.36. The second kappa shape index (κ2) is 4.22. The van der Waals surface area contributed by atoms with Crippen molar-refractivity contribution in [2.45, 2.75) is 12.8 Å². The van der Waals surface area contributed by atoms with E-state index in [4.69, 9.17) is 14.3 Å². The fraction of sp³-hybridized carbons (Fsp3) is 0.273. The molecule has 0 bridgehead atoms. The van der Waals surface area contributed by atoms with E-state index in [1.807, 2.05) is 12.1 Å². The van der Waals surface area contributed by atoms with Crippen LogP contribution in [0, 0.1) is 0 Å². The van der Waals surface area contributed by atoms with Crippen molar-refractivity contribution >= 4 is 17.1 Å². The molecule has 0 aliphatic rings. The number of hydrogen-bond acceptors (Lipinski definition) is 4. The van der Waals surface area contributed by atoms with Gasteiger partial charge in [0.15, 0.2) is 5.58 Å². The summed E-state index contributed by atoms with van der Waals surface area (Å²) in [6.45, 7) is 0. The molecule has 1 aromatic carbocycles. The number of fused-ring (bicyclic) bond motifs is 1. The van der Waals surface area contributed by atoms with E-state index < -0.39 is 5.97 Å². The third-order valence-electron chi connectivity index (χ3n) is 2.27. The van der Waals surface area contributed by atoms with Gasteiger partial charge >= 0.3 is 12.0 Å². The van der Waals surface area contributed by atoms with Gasteiger partial charge in [-0.15, -0.1) is 0 Å². The summed E-state index contributed by atoms with van der Waals surface area (Å²) in [4.78, 5) is 14.6. The van der Waals surface area contributed by atoms with Gasteiger partial charge in [0.2, 0.25) is 0 Å². The lowest BCUT2D eigenvalue weighted by Gasteiger charge is -1.97. The van der Waals surface area contributed by atoms with Gasteiger partial charge in [0.1, 0.15) is 5.52 Å². The van der Waals surface area contributed by atoms with E-state index in [2.05, 4.69) is 4.98 Å². The first-order chi connectivity index (χ1) is 7.70. The van der Waals surface area contributed by atoms with E-state index in [0.717, 1.165) is 5.56 Å². The third-order valence-corrected chi connectivity index (χ3v) is 2.27. The zero-order valence-electron chi connectivity index (χ0n) is 8.77. The quantitative estimate of drug-likeness (QED) is 0.852. The highest BCUT2D eigenvalue weighted by molar-refractivity contribution is 5.78. The Kier molecular flexibility index (Phi) is 2.76. The van der Waals surface area contributed by atoms with Crippen molar-refractivity contribution in [1.82, 2.24) is 4.98 Å². The Morgan fingerprint density at radius 3 is 3.06 bits per heavy atom. The molecular weight excluding hydrogens is 210 g/mol. The number of aliphatic carboxylic acids is 1. The van der Waals surface area contributed by atoms with Crippen LogP contribution in [0.5, 0.6) is 6.08 Å². The minimum Gasteiger partial charge on any atom is -0.481 e. The van der Waals surface area contributed by atoms with Crippen LogP contribution in [0.3, 0.4) is 0 Å². The van der Waals surface area contributed by atoms with Crippen molar-refractivity contribution in [2.24, 2.45) is 0 Å². The molecule has 5 heteroatoms. The molecule has 0 aliphatic carbocycles.